The Morgan fingerprint density at radius 2 is 1.89 bits per heavy atom. The summed E-state index contributed by atoms with van der Waals surface area (Å²) >= 11 is 1.53. The summed E-state index contributed by atoms with van der Waals surface area (Å²) in [5.74, 6) is 0. The van der Waals surface area contributed by atoms with Gasteiger partial charge in [-0.15, -0.1) is 11.3 Å². The van der Waals surface area contributed by atoms with Gasteiger partial charge in [0.25, 0.3) is 5.56 Å². The van der Waals surface area contributed by atoms with Gasteiger partial charge in [-0.25, -0.2) is 17.8 Å². The van der Waals surface area contributed by atoms with Crippen LogP contribution in [-0.4, -0.2) is 24.7 Å². The van der Waals surface area contributed by atoms with E-state index in [0.29, 0.717) is 5.69 Å². The lowest BCUT2D eigenvalue weighted by Crippen LogP contribution is -2.32. The summed E-state index contributed by atoms with van der Waals surface area (Å²) in [6, 6.07) is 13.8. The zero-order chi connectivity index (χ0) is 19.3. The van der Waals surface area contributed by atoms with E-state index < -0.39 is 10.0 Å². The maximum Gasteiger partial charge on any atom is 0.266 e. The Kier molecular flexibility index (Phi) is 6.20. The average molecular weight is 404 g/mol. The minimum absolute atomic E-state index is 0.0832. The van der Waals surface area contributed by atoms with E-state index in [0.717, 1.165) is 23.3 Å². The highest BCUT2D eigenvalue weighted by Crippen LogP contribution is 2.21. The van der Waals surface area contributed by atoms with E-state index in [4.69, 9.17) is 0 Å². The molecule has 1 aromatic carbocycles. The Bertz CT molecular complexity index is 1040. The molecule has 0 spiro atoms. The Morgan fingerprint density at radius 3 is 2.56 bits per heavy atom. The highest BCUT2D eigenvalue weighted by Gasteiger charge is 2.13. The van der Waals surface area contributed by atoms with Crippen LogP contribution in [0.5, 0.6) is 0 Å². The molecule has 2 heterocycles. The van der Waals surface area contributed by atoms with Crippen molar-refractivity contribution in [2.75, 3.05) is 6.54 Å². The predicted octanol–water partition coefficient (Wildman–Crippen LogP) is 2.90. The Hall–Kier alpha value is -2.29. The molecule has 2 aromatic heterocycles. The zero-order valence-electron chi connectivity index (χ0n) is 15.0. The van der Waals surface area contributed by atoms with E-state index >= 15 is 0 Å². The van der Waals surface area contributed by atoms with Gasteiger partial charge in [0.1, 0.15) is 5.69 Å². The summed E-state index contributed by atoms with van der Waals surface area (Å²) in [6.45, 7) is 2.32. The van der Waals surface area contributed by atoms with Crippen molar-refractivity contribution in [3.8, 4) is 10.6 Å². The van der Waals surface area contributed by atoms with Crippen LogP contribution in [0.3, 0.4) is 0 Å². The minimum Gasteiger partial charge on any atom is -0.268 e. The third-order valence-corrected chi connectivity index (χ3v) is 6.40. The van der Waals surface area contributed by atoms with Gasteiger partial charge in [0.2, 0.25) is 10.0 Å². The molecule has 3 rings (SSSR count). The number of aryl methyl sites for hydroxylation is 1. The summed E-state index contributed by atoms with van der Waals surface area (Å²) in [7, 11) is -3.62. The molecule has 0 aliphatic heterocycles. The number of hydrogen-bond donors (Lipinski definition) is 1. The van der Waals surface area contributed by atoms with E-state index in [1.165, 1.54) is 22.1 Å². The number of nitrogens with zero attached hydrogens (tertiary/aromatic N) is 2. The first-order valence-electron chi connectivity index (χ1n) is 8.70. The molecule has 0 fully saturated rings. The van der Waals surface area contributed by atoms with Crippen molar-refractivity contribution in [3.05, 3.63) is 69.8 Å². The van der Waals surface area contributed by atoms with Crippen molar-refractivity contribution in [1.82, 2.24) is 14.5 Å². The maximum atomic E-state index is 12.4. The fourth-order valence-corrected chi connectivity index (χ4v) is 4.37. The van der Waals surface area contributed by atoms with Gasteiger partial charge >= 0.3 is 0 Å². The van der Waals surface area contributed by atoms with Crippen LogP contribution in [0, 0.1) is 0 Å². The monoisotopic (exact) mass is 403 g/mol. The third kappa shape index (κ3) is 4.91. The highest BCUT2D eigenvalue weighted by molar-refractivity contribution is 7.89. The lowest BCUT2D eigenvalue weighted by molar-refractivity contribution is 0.549. The first-order valence-corrected chi connectivity index (χ1v) is 11.1. The summed E-state index contributed by atoms with van der Waals surface area (Å²) in [6.07, 6.45) is 1.93. The highest BCUT2D eigenvalue weighted by atomic mass is 32.2. The molecule has 8 heteroatoms. The molecule has 0 aliphatic carbocycles. The second kappa shape index (κ2) is 8.60. The number of aromatic nitrogens is 2. The van der Waals surface area contributed by atoms with E-state index in [9.17, 15) is 13.2 Å². The number of thiophene rings is 1. The van der Waals surface area contributed by atoms with Crippen molar-refractivity contribution in [1.29, 1.82) is 0 Å². The van der Waals surface area contributed by atoms with Crippen molar-refractivity contribution >= 4 is 21.4 Å². The standard InChI is InChI=1S/C19H21N3O3S2/c1-2-4-15-6-8-16(9-7-15)27(24,25)20-12-13-22-19(23)11-10-17(21-22)18-5-3-14-26-18/h3,5-11,14,20H,2,4,12-13H2,1H3. The minimum atomic E-state index is -3.62. The molecule has 0 unspecified atom stereocenters. The maximum absolute atomic E-state index is 12.4. The molecule has 0 bridgehead atoms. The normalized spacial score (nSPS) is 11.6. The van der Waals surface area contributed by atoms with Crippen LogP contribution in [0.1, 0.15) is 18.9 Å². The Morgan fingerprint density at radius 1 is 1.11 bits per heavy atom. The van der Waals surface area contributed by atoms with Gasteiger partial charge < -0.3 is 0 Å². The van der Waals surface area contributed by atoms with Gasteiger partial charge in [0.05, 0.1) is 16.3 Å². The molecule has 0 saturated carbocycles. The molecule has 0 aliphatic rings. The van der Waals surface area contributed by atoms with Crippen LogP contribution in [0.15, 0.2) is 63.6 Å². The quantitative estimate of drug-likeness (QED) is 0.627. The SMILES string of the molecule is CCCc1ccc(S(=O)(=O)NCCn2nc(-c3cccs3)ccc2=O)cc1. The van der Waals surface area contributed by atoms with Crippen LogP contribution >= 0.6 is 11.3 Å². The molecule has 142 valence electrons. The zero-order valence-corrected chi connectivity index (χ0v) is 16.6. The van der Waals surface area contributed by atoms with Crippen LogP contribution in [0.4, 0.5) is 0 Å². The van der Waals surface area contributed by atoms with Crippen molar-refractivity contribution in [2.45, 2.75) is 31.2 Å². The number of benzene rings is 1. The molecular weight excluding hydrogens is 382 g/mol. The summed E-state index contributed by atoms with van der Waals surface area (Å²) in [5, 5.41) is 6.26. The molecule has 0 atom stereocenters. The first-order chi connectivity index (χ1) is 13.0. The fraction of sp³-hybridized carbons (Fsp3) is 0.263. The average Bonchev–Trinajstić information content (AvgIpc) is 3.19. The van der Waals surface area contributed by atoms with Crippen LogP contribution < -0.4 is 10.3 Å². The van der Waals surface area contributed by atoms with Gasteiger partial charge in [0, 0.05) is 12.6 Å². The fourth-order valence-electron chi connectivity index (χ4n) is 2.66. The van der Waals surface area contributed by atoms with E-state index in [1.807, 2.05) is 29.6 Å². The van der Waals surface area contributed by atoms with Gasteiger partial charge in [0.15, 0.2) is 0 Å². The van der Waals surface area contributed by atoms with Gasteiger partial charge in [-0.3, -0.25) is 4.79 Å². The summed E-state index contributed by atoms with van der Waals surface area (Å²) in [4.78, 5) is 13.2. The number of rotatable bonds is 8. The van der Waals surface area contributed by atoms with Crippen LogP contribution in [0.25, 0.3) is 10.6 Å². The molecule has 27 heavy (non-hydrogen) atoms. The molecule has 0 amide bonds. The predicted molar refractivity (Wildman–Crippen MR) is 107 cm³/mol. The Balaban J connectivity index is 1.66. The van der Waals surface area contributed by atoms with Crippen LogP contribution in [-0.2, 0) is 23.0 Å². The van der Waals surface area contributed by atoms with Crippen molar-refractivity contribution < 1.29 is 8.42 Å². The van der Waals surface area contributed by atoms with E-state index in [2.05, 4.69) is 16.7 Å². The van der Waals surface area contributed by atoms with Crippen molar-refractivity contribution in [2.24, 2.45) is 0 Å². The molecule has 3 aromatic rings. The molecule has 1 N–H and O–H groups in total. The lowest BCUT2D eigenvalue weighted by atomic mass is 10.1. The summed E-state index contributed by atoms with van der Waals surface area (Å²) < 4.78 is 28.6. The second-order valence-electron chi connectivity index (χ2n) is 6.05. The smallest absolute Gasteiger partial charge is 0.266 e. The summed E-state index contributed by atoms with van der Waals surface area (Å²) in [5.41, 5.74) is 1.54. The largest absolute Gasteiger partial charge is 0.268 e. The number of nitrogens with one attached hydrogen (secondary N) is 1. The van der Waals surface area contributed by atoms with Gasteiger partial charge in [-0.1, -0.05) is 31.5 Å². The molecule has 0 saturated heterocycles. The van der Waals surface area contributed by atoms with E-state index in [1.54, 1.807) is 18.2 Å². The lowest BCUT2D eigenvalue weighted by Gasteiger charge is -2.09. The second-order valence-corrected chi connectivity index (χ2v) is 8.76. The molecule has 6 nitrogen and oxygen atoms in total. The van der Waals surface area contributed by atoms with E-state index in [-0.39, 0.29) is 23.5 Å². The van der Waals surface area contributed by atoms with Gasteiger partial charge in [-0.2, -0.15) is 5.10 Å². The molecular formula is C19H21N3O3S2. The van der Waals surface area contributed by atoms with Crippen molar-refractivity contribution in [3.63, 3.8) is 0 Å². The van der Waals surface area contributed by atoms with Crippen LogP contribution in [0.2, 0.25) is 0 Å². The molecule has 0 radical (unpaired) electrons. The first kappa shape index (κ1) is 19.5. The third-order valence-electron chi connectivity index (χ3n) is 4.03. The topological polar surface area (TPSA) is 81.1 Å². The number of sulfonamides is 1. The Labute approximate surface area is 162 Å². The van der Waals surface area contributed by atoms with Gasteiger partial charge in [-0.05, 0) is 41.6 Å². The number of hydrogen-bond acceptors (Lipinski definition) is 5.